The van der Waals surface area contributed by atoms with Crippen molar-refractivity contribution < 1.29 is 9.59 Å². The van der Waals surface area contributed by atoms with Gasteiger partial charge in [0.1, 0.15) is 0 Å². The summed E-state index contributed by atoms with van der Waals surface area (Å²) in [5.41, 5.74) is 1.25. The number of aromatic nitrogens is 1. The average molecular weight is 331 g/mol. The maximum Gasteiger partial charge on any atom is 0.257 e. The molecular weight excluding hydrogens is 310 g/mol. The number of thiazole rings is 1. The van der Waals surface area contributed by atoms with Crippen LogP contribution in [0.5, 0.6) is 0 Å². The summed E-state index contributed by atoms with van der Waals surface area (Å²) in [5, 5.41) is 7.92. The van der Waals surface area contributed by atoms with Crippen LogP contribution in [0.3, 0.4) is 0 Å². The van der Waals surface area contributed by atoms with Crippen LogP contribution >= 0.6 is 11.3 Å². The first kappa shape index (κ1) is 17.1. The summed E-state index contributed by atoms with van der Waals surface area (Å²) in [4.78, 5) is 28.1. The molecule has 0 atom stereocenters. The highest BCUT2D eigenvalue weighted by Gasteiger charge is 2.11. The molecule has 2 rings (SSSR count). The number of nitrogens with one attached hydrogen (secondary N) is 2. The predicted molar refractivity (Wildman–Crippen MR) is 92.7 cm³/mol. The molecule has 0 aliphatic heterocycles. The molecule has 6 heteroatoms. The Hall–Kier alpha value is -2.21. The van der Waals surface area contributed by atoms with Gasteiger partial charge in [0.25, 0.3) is 5.91 Å². The van der Waals surface area contributed by atoms with Gasteiger partial charge in [-0.05, 0) is 24.5 Å². The van der Waals surface area contributed by atoms with Gasteiger partial charge in [-0.3, -0.25) is 14.9 Å². The molecule has 2 aromatic rings. The molecule has 0 radical (unpaired) electrons. The van der Waals surface area contributed by atoms with Gasteiger partial charge in [0.05, 0.1) is 12.1 Å². The normalized spacial score (nSPS) is 10.6. The summed E-state index contributed by atoms with van der Waals surface area (Å²) in [5.74, 6) is 0.319. The minimum Gasteiger partial charge on any atom is -0.356 e. The summed E-state index contributed by atoms with van der Waals surface area (Å²) in [6, 6.07) is 8.96. The molecule has 5 nitrogen and oxygen atoms in total. The molecular formula is C17H21N3O2S. The van der Waals surface area contributed by atoms with Gasteiger partial charge >= 0.3 is 0 Å². The van der Waals surface area contributed by atoms with Crippen molar-refractivity contribution in [2.75, 3.05) is 11.9 Å². The van der Waals surface area contributed by atoms with Gasteiger partial charge in [-0.1, -0.05) is 32.0 Å². The Labute approximate surface area is 140 Å². The van der Waals surface area contributed by atoms with Crippen molar-refractivity contribution in [1.82, 2.24) is 10.3 Å². The molecule has 122 valence electrons. The van der Waals surface area contributed by atoms with Crippen LogP contribution in [0, 0.1) is 5.92 Å². The van der Waals surface area contributed by atoms with Gasteiger partial charge in [-0.25, -0.2) is 4.98 Å². The van der Waals surface area contributed by atoms with Crippen molar-refractivity contribution in [3.63, 3.8) is 0 Å². The summed E-state index contributed by atoms with van der Waals surface area (Å²) >= 11 is 1.32. The molecule has 2 amide bonds. The van der Waals surface area contributed by atoms with E-state index < -0.39 is 0 Å². The van der Waals surface area contributed by atoms with E-state index in [1.165, 1.54) is 11.3 Å². The van der Waals surface area contributed by atoms with Gasteiger partial charge in [0, 0.05) is 17.5 Å². The van der Waals surface area contributed by atoms with Crippen LogP contribution in [-0.4, -0.2) is 23.3 Å². The second-order valence-electron chi connectivity index (χ2n) is 5.67. The minimum absolute atomic E-state index is 0.0446. The molecule has 0 spiro atoms. The molecule has 2 N–H and O–H groups in total. The van der Waals surface area contributed by atoms with Crippen molar-refractivity contribution in [2.24, 2.45) is 5.92 Å². The quantitative estimate of drug-likeness (QED) is 0.819. The number of hydrogen-bond donors (Lipinski definition) is 2. The summed E-state index contributed by atoms with van der Waals surface area (Å²) in [7, 11) is 0. The highest BCUT2D eigenvalue weighted by atomic mass is 32.1. The molecule has 0 saturated carbocycles. The first-order valence-corrected chi connectivity index (χ1v) is 8.50. The van der Waals surface area contributed by atoms with E-state index >= 15 is 0 Å². The Balaban J connectivity index is 1.83. The number of anilines is 1. The van der Waals surface area contributed by atoms with E-state index in [1.807, 2.05) is 18.2 Å². The summed E-state index contributed by atoms with van der Waals surface area (Å²) in [6.07, 6.45) is 1.19. The minimum atomic E-state index is -0.201. The Morgan fingerprint density at radius 1 is 1.22 bits per heavy atom. The Morgan fingerprint density at radius 3 is 2.65 bits per heavy atom. The van der Waals surface area contributed by atoms with Gasteiger partial charge in [-0.15, -0.1) is 11.3 Å². The van der Waals surface area contributed by atoms with Gasteiger partial charge in [0.2, 0.25) is 5.91 Å². The number of nitrogens with zero attached hydrogens (tertiary/aromatic N) is 1. The van der Waals surface area contributed by atoms with Gasteiger partial charge in [-0.2, -0.15) is 0 Å². The lowest BCUT2D eigenvalue weighted by atomic mass is 10.1. The SMILES string of the molecule is CC(C)CCNC(=O)Cc1csc(NC(=O)c2ccccc2)n1. The Kier molecular flexibility index (Phi) is 6.29. The zero-order valence-electron chi connectivity index (χ0n) is 13.3. The topological polar surface area (TPSA) is 71.1 Å². The van der Waals surface area contributed by atoms with E-state index in [0.29, 0.717) is 28.9 Å². The molecule has 0 aliphatic carbocycles. The lowest BCUT2D eigenvalue weighted by Gasteiger charge is -2.06. The third kappa shape index (κ3) is 5.83. The molecule has 0 saturated heterocycles. The summed E-state index contributed by atoms with van der Waals surface area (Å²) < 4.78 is 0. The second-order valence-corrected chi connectivity index (χ2v) is 6.53. The largest absolute Gasteiger partial charge is 0.356 e. The van der Waals surface area contributed by atoms with E-state index in [2.05, 4.69) is 29.5 Å². The van der Waals surface area contributed by atoms with E-state index in [4.69, 9.17) is 0 Å². The maximum atomic E-state index is 12.0. The lowest BCUT2D eigenvalue weighted by Crippen LogP contribution is -2.27. The zero-order valence-corrected chi connectivity index (χ0v) is 14.2. The Morgan fingerprint density at radius 2 is 1.96 bits per heavy atom. The standard InChI is InChI=1S/C17H21N3O2S/c1-12(2)8-9-18-15(21)10-14-11-23-17(19-14)20-16(22)13-6-4-3-5-7-13/h3-7,11-12H,8-10H2,1-2H3,(H,18,21)(H,19,20,22). The number of benzene rings is 1. The third-order valence-corrected chi connectivity index (χ3v) is 4.00. The van der Waals surface area contributed by atoms with Crippen LogP contribution in [0.25, 0.3) is 0 Å². The number of carbonyl (C=O) groups excluding carboxylic acids is 2. The third-order valence-electron chi connectivity index (χ3n) is 3.19. The Bertz CT molecular complexity index is 653. The van der Waals surface area contributed by atoms with Crippen LogP contribution in [0.1, 0.15) is 36.3 Å². The molecule has 1 aromatic carbocycles. The lowest BCUT2D eigenvalue weighted by molar-refractivity contribution is -0.120. The average Bonchev–Trinajstić information content (AvgIpc) is 2.94. The first-order valence-electron chi connectivity index (χ1n) is 7.62. The first-order chi connectivity index (χ1) is 11.0. The molecule has 1 heterocycles. The second kappa shape index (κ2) is 8.43. The van der Waals surface area contributed by atoms with Crippen molar-refractivity contribution in [3.05, 3.63) is 47.0 Å². The van der Waals surface area contributed by atoms with Crippen molar-refractivity contribution in [3.8, 4) is 0 Å². The van der Waals surface area contributed by atoms with Crippen molar-refractivity contribution in [2.45, 2.75) is 26.7 Å². The predicted octanol–water partition coefficient (Wildman–Crippen LogP) is 3.10. The fourth-order valence-corrected chi connectivity index (χ4v) is 2.64. The number of carbonyl (C=O) groups is 2. The van der Waals surface area contributed by atoms with E-state index in [0.717, 1.165) is 6.42 Å². The zero-order chi connectivity index (χ0) is 16.7. The maximum absolute atomic E-state index is 12.0. The van der Waals surface area contributed by atoms with Gasteiger partial charge in [0.15, 0.2) is 5.13 Å². The fourth-order valence-electron chi connectivity index (χ4n) is 1.93. The molecule has 0 fully saturated rings. The monoisotopic (exact) mass is 331 g/mol. The van der Waals surface area contributed by atoms with Crippen LogP contribution in [-0.2, 0) is 11.2 Å². The molecule has 23 heavy (non-hydrogen) atoms. The molecule has 1 aromatic heterocycles. The van der Waals surface area contributed by atoms with E-state index in [-0.39, 0.29) is 18.2 Å². The smallest absolute Gasteiger partial charge is 0.257 e. The van der Waals surface area contributed by atoms with Crippen LogP contribution < -0.4 is 10.6 Å². The summed E-state index contributed by atoms with van der Waals surface area (Å²) in [6.45, 7) is 4.92. The van der Waals surface area contributed by atoms with Gasteiger partial charge < -0.3 is 5.32 Å². The highest BCUT2D eigenvalue weighted by molar-refractivity contribution is 7.14. The van der Waals surface area contributed by atoms with Crippen molar-refractivity contribution >= 4 is 28.3 Å². The number of hydrogen-bond acceptors (Lipinski definition) is 4. The van der Waals surface area contributed by atoms with Crippen LogP contribution in [0.4, 0.5) is 5.13 Å². The van der Waals surface area contributed by atoms with Crippen molar-refractivity contribution in [1.29, 1.82) is 0 Å². The van der Waals surface area contributed by atoms with Crippen LogP contribution in [0.2, 0.25) is 0 Å². The highest BCUT2D eigenvalue weighted by Crippen LogP contribution is 2.17. The molecule has 0 bridgehead atoms. The number of amides is 2. The van der Waals surface area contributed by atoms with Crippen LogP contribution in [0.15, 0.2) is 35.7 Å². The molecule has 0 unspecified atom stereocenters. The molecule has 0 aliphatic rings. The van der Waals surface area contributed by atoms with E-state index in [1.54, 1.807) is 17.5 Å². The number of rotatable bonds is 7. The van der Waals surface area contributed by atoms with E-state index in [9.17, 15) is 9.59 Å². The fraction of sp³-hybridized carbons (Fsp3) is 0.353.